The Hall–Kier alpha value is -2.51. The van der Waals surface area contributed by atoms with Gasteiger partial charge in [-0.25, -0.2) is 4.98 Å². The largest absolute Gasteiger partial charge is 0.489 e. The lowest BCUT2D eigenvalue weighted by Gasteiger charge is -2.17. The maximum atomic E-state index is 6.20. The fraction of sp³-hybridized carbons (Fsp3) is 0.421. The number of aromatic amines is 1. The van der Waals surface area contributed by atoms with Crippen LogP contribution in [0.2, 0.25) is 0 Å². The molecule has 0 aliphatic carbocycles. The molecule has 0 saturated carbocycles. The van der Waals surface area contributed by atoms with Crippen LogP contribution in [0.15, 0.2) is 36.9 Å². The highest BCUT2D eigenvalue weighted by atomic mass is 16.5. The van der Waals surface area contributed by atoms with E-state index in [9.17, 15) is 0 Å². The van der Waals surface area contributed by atoms with Crippen LogP contribution in [-0.4, -0.2) is 63.0 Å². The first kappa shape index (κ1) is 16.9. The molecule has 0 bridgehead atoms. The summed E-state index contributed by atoms with van der Waals surface area (Å²) >= 11 is 0. The van der Waals surface area contributed by atoms with Crippen LogP contribution in [0, 0.1) is 0 Å². The Morgan fingerprint density at radius 1 is 1.23 bits per heavy atom. The van der Waals surface area contributed by atoms with Gasteiger partial charge in [-0.2, -0.15) is 0 Å². The number of nitrogens with one attached hydrogen (secondary N) is 1. The van der Waals surface area contributed by atoms with Crippen LogP contribution in [0.1, 0.15) is 17.7 Å². The number of hydrogen-bond acceptors (Lipinski definition) is 6. The van der Waals surface area contributed by atoms with E-state index in [4.69, 9.17) is 4.74 Å². The van der Waals surface area contributed by atoms with E-state index in [-0.39, 0.29) is 6.10 Å². The lowest BCUT2D eigenvalue weighted by atomic mass is 10.3. The molecule has 3 aromatic heterocycles. The second-order valence-electron chi connectivity index (χ2n) is 7.05. The summed E-state index contributed by atoms with van der Waals surface area (Å²) in [5.41, 5.74) is 4.02. The molecule has 0 amide bonds. The Morgan fingerprint density at radius 2 is 2.12 bits per heavy atom. The van der Waals surface area contributed by atoms with Crippen LogP contribution < -0.4 is 4.74 Å². The Kier molecular flexibility index (Phi) is 4.81. The standard InChI is InChI=1S/C19H24N6O/c1-24(2)12-15-9-16(3-5-20-15)26-17-4-8-25(13-17)11-14-10-23-19-18(14)21-6-7-22-19/h3,5-7,9-10,17H,4,8,11-13H2,1-2H3,(H,22,23). The third kappa shape index (κ3) is 3.84. The maximum Gasteiger partial charge on any atom is 0.156 e. The van der Waals surface area contributed by atoms with Crippen molar-refractivity contribution < 1.29 is 4.74 Å². The Labute approximate surface area is 153 Å². The van der Waals surface area contributed by atoms with Gasteiger partial charge in [-0.15, -0.1) is 0 Å². The molecule has 26 heavy (non-hydrogen) atoms. The highest BCUT2D eigenvalue weighted by Gasteiger charge is 2.25. The third-order valence-electron chi connectivity index (χ3n) is 4.58. The molecule has 1 unspecified atom stereocenters. The molecule has 1 N–H and O–H groups in total. The van der Waals surface area contributed by atoms with Gasteiger partial charge in [-0.1, -0.05) is 0 Å². The van der Waals surface area contributed by atoms with Crippen LogP contribution in [-0.2, 0) is 13.1 Å². The van der Waals surface area contributed by atoms with Crippen LogP contribution in [0.4, 0.5) is 0 Å². The number of pyridine rings is 1. The predicted molar refractivity (Wildman–Crippen MR) is 99.8 cm³/mol. The molecule has 1 fully saturated rings. The highest BCUT2D eigenvalue weighted by Crippen LogP contribution is 2.22. The zero-order valence-electron chi connectivity index (χ0n) is 15.2. The smallest absolute Gasteiger partial charge is 0.156 e. The van der Waals surface area contributed by atoms with Crippen molar-refractivity contribution in [3.8, 4) is 5.75 Å². The zero-order valence-corrected chi connectivity index (χ0v) is 15.2. The van der Waals surface area contributed by atoms with Gasteiger partial charge in [0, 0.05) is 62.6 Å². The van der Waals surface area contributed by atoms with Crippen molar-refractivity contribution in [1.82, 2.24) is 29.7 Å². The van der Waals surface area contributed by atoms with E-state index >= 15 is 0 Å². The quantitative estimate of drug-likeness (QED) is 0.732. The lowest BCUT2D eigenvalue weighted by Crippen LogP contribution is -2.24. The van der Waals surface area contributed by atoms with Gasteiger partial charge in [0.2, 0.25) is 0 Å². The summed E-state index contributed by atoms with van der Waals surface area (Å²) in [7, 11) is 4.08. The van der Waals surface area contributed by atoms with Crippen LogP contribution >= 0.6 is 0 Å². The van der Waals surface area contributed by atoms with Gasteiger partial charge in [0.15, 0.2) is 5.65 Å². The van der Waals surface area contributed by atoms with Crippen molar-refractivity contribution in [3.63, 3.8) is 0 Å². The van der Waals surface area contributed by atoms with Gasteiger partial charge < -0.3 is 14.6 Å². The number of fused-ring (bicyclic) bond motifs is 1. The SMILES string of the molecule is CN(C)Cc1cc(OC2CCN(Cc3c[nH]c4nccnc34)C2)ccn1. The number of likely N-dealkylation sites (tertiary alicyclic amines) is 1. The van der Waals surface area contributed by atoms with Crippen molar-refractivity contribution >= 4 is 11.2 Å². The molecule has 4 heterocycles. The van der Waals surface area contributed by atoms with Crippen LogP contribution in [0.25, 0.3) is 11.2 Å². The molecule has 7 heteroatoms. The fourth-order valence-electron chi connectivity index (χ4n) is 3.43. The minimum atomic E-state index is 0.209. The van der Waals surface area contributed by atoms with Gasteiger partial charge in [0.25, 0.3) is 0 Å². The Morgan fingerprint density at radius 3 is 3.00 bits per heavy atom. The summed E-state index contributed by atoms with van der Waals surface area (Å²) < 4.78 is 6.20. The molecule has 0 aromatic carbocycles. The molecule has 7 nitrogen and oxygen atoms in total. The van der Waals surface area contributed by atoms with E-state index in [0.29, 0.717) is 0 Å². The molecule has 3 aromatic rings. The Balaban J connectivity index is 1.37. The summed E-state index contributed by atoms with van der Waals surface area (Å²) in [6.45, 7) is 3.61. The second-order valence-corrected chi connectivity index (χ2v) is 7.05. The van der Waals surface area contributed by atoms with Crippen LogP contribution in [0.3, 0.4) is 0 Å². The molecule has 1 aliphatic rings. The number of aromatic nitrogens is 4. The molecular weight excluding hydrogens is 328 g/mol. The topological polar surface area (TPSA) is 70.2 Å². The van der Waals surface area contributed by atoms with E-state index in [0.717, 1.165) is 55.2 Å². The maximum absolute atomic E-state index is 6.20. The van der Waals surface area contributed by atoms with Gasteiger partial charge in [0.05, 0.1) is 5.69 Å². The third-order valence-corrected chi connectivity index (χ3v) is 4.58. The second kappa shape index (κ2) is 7.39. The average molecular weight is 352 g/mol. The first-order valence-corrected chi connectivity index (χ1v) is 8.93. The number of hydrogen-bond donors (Lipinski definition) is 1. The fourth-order valence-corrected chi connectivity index (χ4v) is 3.43. The van der Waals surface area contributed by atoms with Crippen molar-refractivity contribution in [2.24, 2.45) is 0 Å². The normalized spacial score (nSPS) is 18.0. The number of rotatable bonds is 6. The van der Waals surface area contributed by atoms with Crippen molar-refractivity contribution in [2.75, 3.05) is 27.2 Å². The lowest BCUT2D eigenvalue weighted by molar-refractivity contribution is 0.198. The van der Waals surface area contributed by atoms with Gasteiger partial charge in [-0.3, -0.25) is 14.9 Å². The van der Waals surface area contributed by atoms with Gasteiger partial charge in [-0.05, 0) is 26.6 Å². The van der Waals surface area contributed by atoms with Gasteiger partial charge >= 0.3 is 0 Å². The molecule has 136 valence electrons. The van der Waals surface area contributed by atoms with E-state index in [1.807, 2.05) is 38.6 Å². The van der Waals surface area contributed by atoms with E-state index < -0.39 is 0 Å². The average Bonchev–Trinajstić information content (AvgIpc) is 3.22. The summed E-state index contributed by atoms with van der Waals surface area (Å²) in [6.07, 6.45) is 8.52. The minimum Gasteiger partial charge on any atom is -0.489 e. The molecule has 1 aliphatic heterocycles. The van der Waals surface area contributed by atoms with E-state index in [1.54, 1.807) is 12.4 Å². The van der Waals surface area contributed by atoms with E-state index in [1.165, 1.54) is 5.56 Å². The van der Waals surface area contributed by atoms with Crippen molar-refractivity contribution in [1.29, 1.82) is 0 Å². The minimum absolute atomic E-state index is 0.209. The highest BCUT2D eigenvalue weighted by molar-refractivity contribution is 5.74. The van der Waals surface area contributed by atoms with Crippen molar-refractivity contribution in [2.45, 2.75) is 25.6 Å². The molecule has 1 atom stereocenters. The summed E-state index contributed by atoms with van der Waals surface area (Å²) in [6, 6.07) is 3.98. The van der Waals surface area contributed by atoms with E-state index in [2.05, 4.69) is 29.7 Å². The first-order chi connectivity index (χ1) is 12.7. The van der Waals surface area contributed by atoms with Gasteiger partial charge in [0.1, 0.15) is 17.4 Å². The molecule has 1 saturated heterocycles. The number of ether oxygens (including phenoxy) is 1. The Bertz CT molecular complexity index is 877. The molecule has 0 radical (unpaired) electrons. The molecular formula is C19H24N6O. The monoisotopic (exact) mass is 352 g/mol. The number of H-pyrrole nitrogens is 1. The summed E-state index contributed by atoms with van der Waals surface area (Å²) in [5, 5.41) is 0. The first-order valence-electron chi connectivity index (χ1n) is 8.93. The zero-order chi connectivity index (χ0) is 17.9. The van der Waals surface area contributed by atoms with Crippen LogP contribution in [0.5, 0.6) is 5.75 Å². The summed E-state index contributed by atoms with van der Waals surface area (Å²) in [4.78, 5) is 20.8. The summed E-state index contributed by atoms with van der Waals surface area (Å²) in [5.74, 6) is 0.904. The van der Waals surface area contributed by atoms with Crippen molar-refractivity contribution in [3.05, 3.63) is 48.2 Å². The number of nitrogens with zero attached hydrogens (tertiary/aromatic N) is 5. The molecule has 4 rings (SSSR count). The predicted octanol–water partition coefficient (Wildman–Crippen LogP) is 2.07. The molecule has 0 spiro atoms.